The highest BCUT2D eigenvalue weighted by atomic mass is 28.4. The van der Waals surface area contributed by atoms with Crippen molar-refractivity contribution in [2.75, 3.05) is 0 Å². The molecule has 1 rings (SSSR count). The molecule has 0 saturated heterocycles. The van der Waals surface area contributed by atoms with Gasteiger partial charge in [-0.2, -0.15) is 0 Å². The van der Waals surface area contributed by atoms with E-state index in [0.717, 1.165) is 23.7 Å². The third-order valence-corrected chi connectivity index (χ3v) is 8.80. The highest BCUT2D eigenvalue weighted by Crippen LogP contribution is 2.29. The van der Waals surface area contributed by atoms with Crippen LogP contribution in [-0.2, 0) is 4.43 Å². The summed E-state index contributed by atoms with van der Waals surface area (Å²) < 4.78 is 6.38. The molecule has 0 amide bonds. The number of hydrogen-bond donors (Lipinski definition) is 0. The van der Waals surface area contributed by atoms with E-state index in [2.05, 4.69) is 20.8 Å². The van der Waals surface area contributed by atoms with Crippen molar-refractivity contribution in [3.63, 3.8) is 0 Å². The molecule has 2 nitrogen and oxygen atoms in total. The molecule has 0 atom stereocenters. The quantitative estimate of drug-likeness (QED) is 0.535. The Morgan fingerprint density at radius 1 is 1.05 bits per heavy atom. The molecule has 0 aliphatic carbocycles. The first-order valence-corrected chi connectivity index (χ1v) is 9.73. The Morgan fingerprint density at radius 3 is 1.95 bits per heavy atom. The zero-order valence-corrected chi connectivity index (χ0v) is 13.8. The summed E-state index contributed by atoms with van der Waals surface area (Å²) in [4.78, 5) is 12.6. The number of carbonyl (C=O) groups is 1. The summed E-state index contributed by atoms with van der Waals surface area (Å²) in [6.45, 7) is 10.4. The van der Waals surface area contributed by atoms with Crippen LogP contribution in [0.3, 0.4) is 0 Å². The predicted octanol–water partition coefficient (Wildman–Crippen LogP) is 4.67. The van der Waals surface area contributed by atoms with Gasteiger partial charge in [-0.15, -0.1) is 0 Å². The minimum absolute atomic E-state index is 0.0836. The Balaban J connectivity index is 2.95. The average molecular weight is 278 g/mol. The molecule has 106 valence electrons. The Bertz CT molecular complexity index is 400. The van der Waals surface area contributed by atoms with Gasteiger partial charge in [0.25, 0.3) is 0 Å². The number of Topliss-reactive ketones (excluding diaryl/α,β-unsaturated/α-hetero) is 1. The van der Waals surface area contributed by atoms with Crippen molar-refractivity contribution in [3.05, 3.63) is 35.9 Å². The van der Waals surface area contributed by atoms with Crippen molar-refractivity contribution in [1.82, 2.24) is 0 Å². The first-order chi connectivity index (χ1) is 8.90. The zero-order valence-electron chi connectivity index (χ0n) is 12.8. The van der Waals surface area contributed by atoms with Gasteiger partial charge in [-0.05, 0) is 32.0 Å². The number of carbonyl (C=O) groups excluding carboxylic acids is 1. The van der Waals surface area contributed by atoms with Gasteiger partial charge in [0.05, 0.1) is 0 Å². The van der Waals surface area contributed by atoms with Gasteiger partial charge in [-0.1, -0.05) is 51.1 Å². The fourth-order valence-electron chi connectivity index (χ4n) is 2.49. The molecule has 3 heteroatoms. The van der Waals surface area contributed by atoms with Crippen molar-refractivity contribution < 1.29 is 9.22 Å². The molecule has 1 aromatic rings. The van der Waals surface area contributed by atoms with Crippen molar-refractivity contribution >= 4 is 14.1 Å². The van der Waals surface area contributed by atoms with Gasteiger partial charge >= 0.3 is 0 Å². The van der Waals surface area contributed by atoms with Gasteiger partial charge in [0.2, 0.25) is 0 Å². The van der Waals surface area contributed by atoms with Crippen LogP contribution >= 0.6 is 0 Å². The van der Waals surface area contributed by atoms with E-state index in [0.29, 0.717) is 0 Å². The Morgan fingerprint density at radius 2 is 1.53 bits per heavy atom. The fourth-order valence-corrected chi connectivity index (χ4v) is 5.60. The maximum absolute atomic E-state index is 12.6. The lowest BCUT2D eigenvalue weighted by Crippen LogP contribution is -2.48. The minimum Gasteiger partial charge on any atom is -0.405 e. The predicted molar refractivity (Wildman–Crippen MR) is 83.1 cm³/mol. The van der Waals surface area contributed by atoms with Crippen molar-refractivity contribution in [3.8, 4) is 0 Å². The molecule has 0 aromatic heterocycles. The number of rotatable bonds is 7. The molecule has 0 saturated carbocycles. The second-order valence-corrected chi connectivity index (χ2v) is 10.2. The van der Waals surface area contributed by atoms with Gasteiger partial charge < -0.3 is 4.43 Å². The van der Waals surface area contributed by atoms with E-state index >= 15 is 0 Å². The molecule has 0 unspecified atom stereocenters. The molecule has 0 radical (unpaired) electrons. The van der Waals surface area contributed by atoms with Crippen LogP contribution in [0.4, 0.5) is 0 Å². The van der Waals surface area contributed by atoms with Crippen molar-refractivity contribution in [1.29, 1.82) is 0 Å². The zero-order chi connectivity index (χ0) is 14.5. The molecule has 0 fully saturated rings. The van der Waals surface area contributed by atoms with E-state index in [1.54, 1.807) is 0 Å². The SMILES string of the molecule is CC[Si](CC)(CC)OC(C)(C)C(=O)c1ccccc1. The first kappa shape index (κ1) is 16.1. The molecule has 1 aromatic carbocycles. The lowest BCUT2D eigenvalue weighted by atomic mass is 9.97. The smallest absolute Gasteiger partial charge is 0.193 e. The topological polar surface area (TPSA) is 26.3 Å². The molecule has 0 aliphatic rings. The van der Waals surface area contributed by atoms with Crippen LogP contribution in [0.5, 0.6) is 0 Å². The van der Waals surface area contributed by atoms with E-state index in [4.69, 9.17) is 4.43 Å². The second kappa shape index (κ2) is 6.48. The molecular weight excluding hydrogens is 252 g/mol. The maximum atomic E-state index is 12.6. The van der Waals surface area contributed by atoms with Gasteiger partial charge in [0.15, 0.2) is 14.1 Å². The third kappa shape index (κ3) is 3.77. The second-order valence-electron chi connectivity index (χ2n) is 5.55. The van der Waals surface area contributed by atoms with Crippen LogP contribution in [0.1, 0.15) is 45.0 Å². The van der Waals surface area contributed by atoms with E-state index < -0.39 is 13.9 Å². The molecular formula is C16H26O2Si. The maximum Gasteiger partial charge on any atom is 0.193 e. The third-order valence-electron chi connectivity index (χ3n) is 3.99. The van der Waals surface area contributed by atoms with Crippen molar-refractivity contribution in [2.45, 2.75) is 58.4 Å². The lowest BCUT2D eigenvalue weighted by molar-refractivity contribution is 0.0542. The Kier molecular flexibility index (Phi) is 5.50. The van der Waals surface area contributed by atoms with E-state index in [9.17, 15) is 4.79 Å². The van der Waals surface area contributed by atoms with Gasteiger partial charge in [0.1, 0.15) is 5.60 Å². The van der Waals surface area contributed by atoms with Crippen LogP contribution in [0.2, 0.25) is 18.1 Å². The summed E-state index contributed by atoms with van der Waals surface area (Å²) in [7, 11) is -1.77. The number of hydrogen-bond acceptors (Lipinski definition) is 2. The highest BCUT2D eigenvalue weighted by molar-refractivity contribution is 6.73. The first-order valence-electron chi connectivity index (χ1n) is 7.21. The van der Waals surface area contributed by atoms with Gasteiger partial charge in [-0.3, -0.25) is 4.79 Å². The summed E-state index contributed by atoms with van der Waals surface area (Å²) in [5.41, 5.74) is 0.00833. The van der Waals surface area contributed by atoms with E-state index in [1.807, 2.05) is 44.2 Å². The molecule has 0 bridgehead atoms. The number of ketones is 1. The standard InChI is InChI=1S/C16H26O2Si/c1-6-19(7-2,8-3)18-16(4,5)15(17)14-12-10-9-11-13-14/h9-13H,6-8H2,1-5H3. The normalized spacial score (nSPS) is 12.5. The van der Waals surface area contributed by atoms with Crippen LogP contribution in [0, 0.1) is 0 Å². The molecule has 19 heavy (non-hydrogen) atoms. The average Bonchev–Trinajstić information content (AvgIpc) is 2.45. The Labute approximate surface area is 118 Å². The van der Waals surface area contributed by atoms with Gasteiger partial charge in [-0.25, -0.2) is 0 Å². The van der Waals surface area contributed by atoms with E-state index in [-0.39, 0.29) is 5.78 Å². The minimum atomic E-state index is -1.77. The van der Waals surface area contributed by atoms with Crippen LogP contribution in [0.25, 0.3) is 0 Å². The summed E-state index contributed by atoms with van der Waals surface area (Å²) >= 11 is 0. The highest BCUT2D eigenvalue weighted by Gasteiger charge is 2.39. The van der Waals surface area contributed by atoms with E-state index in [1.165, 1.54) is 0 Å². The largest absolute Gasteiger partial charge is 0.405 e. The number of benzene rings is 1. The molecule has 0 aliphatic heterocycles. The van der Waals surface area contributed by atoms with Crippen LogP contribution in [0.15, 0.2) is 30.3 Å². The van der Waals surface area contributed by atoms with Crippen LogP contribution < -0.4 is 0 Å². The summed E-state index contributed by atoms with van der Waals surface area (Å²) in [6.07, 6.45) is 0. The molecule has 0 heterocycles. The Hall–Kier alpha value is -0.933. The van der Waals surface area contributed by atoms with Crippen molar-refractivity contribution in [2.24, 2.45) is 0 Å². The fraction of sp³-hybridized carbons (Fsp3) is 0.562. The molecule has 0 spiro atoms. The molecule has 0 N–H and O–H groups in total. The summed E-state index contributed by atoms with van der Waals surface area (Å²) in [5.74, 6) is 0.0836. The summed E-state index contributed by atoms with van der Waals surface area (Å²) in [6, 6.07) is 12.6. The summed E-state index contributed by atoms with van der Waals surface area (Å²) in [5, 5.41) is 0. The monoisotopic (exact) mass is 278 g/mol. The lowest BCUT2D eigenvalue weighted by Gasteiger charge is -2.37. The van der Waals surface area contributed by atoms with Gasteiger partial charge in [0, 0.05) is 5.56 Å². The van der Waals surface area contributed by atoms with Crippen LogP contribution in [-0.4, -0.2) is 19.7 Å².